The van der Waals surface area contributed by atoms with E-state index in [1.165, 1.54) is 0 Å². The van der Waals surface area contributed by atoms with Crippen LogP contribution >= 0.6 is 0 Å². The molecule has 0 bridgehead atoms. The fourth-order valence-corrected chi connectivity index (χ4v) is 0.380. The quantitative estimate of drug-likeness (QED) is 0.583. The Kier molecular flexibility index (Phi) is 5.86. The fraction of sp³-hybridized carbons (Fsp3) is 0.667. The zero-order valence-electron chi connectivity index (χ0n) is 5.80. The van der Waals surface area contributed by atoms with Crippen LogP contribution in [0.15, 0.2) is 0 Å². The highest BCUT2D eigenvalue weighted by Crippen LogP contribution is 1.76. The molecule has 0 saturated carbocycles. The predicted octanol–water partition coefficient (Wildman–Crippen LogP) is -0.0709. The molecule has 0 fully saturated rings. The Bertz CT molecular complexity index is 85.0. The number of amides is 1. The molecule has 4 heteroatoms. The molecule has 59 valence electrons. The maximum Gasteiger partial charge on any atom is 0.407 e. The van der Waals surface area contributed by atoms with E-state index in [-0.39, 0.29) is 13.2 Å². The van der Waals surface area contributed by atoms with Gasteiger partial charge >= 0.3 is 6.09 Å². The minimum atomic E-state index is -0.502. The summed E-state index contributed by atoms with van der Waals surface area (Å²) in [6.45, 7) is 3.93. The molecule has 0 heterocycles. The van der Waals surface area contributed by atoms with E-state index in [1.807, 2.05) is 0 Å². The molecule has 0 unspecified atom stereocenters. The van der Waals surface area contributed by atoms with Crippen LogP contribution in [0, 0.1) is 6.92 Å². The molecule has 0 spiro atoms. The van der Waals surface area contributed by atoms with Crippen molar-refractivity contribution in [3.8, 4) is 0 Å². The number of carbonyl (C=O) groups is 1. The zero-order valence-corrected chi connectivity index (χ0v) is 5.80. The zero-order chi connectivity index (χ0) is 7.82. The Morgan fingerprint density at radius 3 is 2.90 bits per heavy atom. The van der Waals surface area contributed by atoms with Gasteiger partial charge in [-0.15, -0.1) is 0 Å². The van der Waals surface area contributed by atoms with E-state index in [1.54, 1.807) is 0 Å². The Balaban J connectivity index is 3.09. The van der Waals surface area contributed by atoms with Gasteiger partial charge in [-0.1, -0.05) is 6.92 Å². The Labute approximate surface area is 60.2 Å². The van der Waals surface area contributed by atoms with E-state index in [0.29, 0.717) is 13.0 Å². The first-order chi connectivity index (χ1) is 4.81. The van der Waals surface area contributed by atoms with Crippen LogP contribution in [0.2, 0.25) is 0 Å². The number of hydrogen-bond donors (Lipinski definition) is 2. The lowest BCUT2D eigenvalue weighted by Gasteiger charge is -2.02. The molecule has 0 saturated heterocycles. The second kappa shape index (κ2) is 6.35. The number of nitrogens with one attached hydrogen (secondary N) is 1. The van der Waals surface area contributed by atoms with Crippen molar-refractivity contribution in [2.45, 2.75) is 6.42 Å². The van der Waals surface area contributed by atoms with Crippen LogP contribution in [0.1, 0.15) is 6.42 Å². The molecule has 1 amide bonds. The van der Waals surface area contributed by atoms with Crippen LogP contribution < -0.4 is 5.32 Å². The minimum Gasteiger partial charge on any atom is -0.447 e. The van der Waals surface area contributed by atoms with Gasteiger partial charge in [0.15, 0.2) is 0 Å². The number of rotatable bonds is 4. The first-order valence-electron chi connectivity index (χ1n) is 3.12. The number of aliphatic hydroxyl groups excluding tert-OH is 1. The van der Waals surface area contributed by atoms with Crippen molar-refractivity contribution >= 4 is 6.09 Å². The maximum atomic E-state index is 10.5. The van der Waals surface area contributed by atoms with Crippen LogP contribution in [0.3, 0.4) is 0 Å². The summed E-state index contributed by atoms with van der Waals surface area (Å²) >= 11 is 0. The Hall–Kier alpha value is -0.770. The summed E-state index contributed by atoms with van der Waals surface area (Å²) in [6.07, 6.45) is 0.131. The fourth-order valence-electron chi connectivity index (χ4n) is 0.380. The largest absolute Gasteiger partial charge is 0.447 e. The maximum absolute atomic E-state index is 10.5. The van der Waals surface area contributed by atoms with Crippen molar-refractivity contribution in [1.29, 1.82) is 0 Å². The van der Waals surface area contributed by atoms with Gasteiger partial charge in [0.25, 0.3) is 0 Å². The Morgan fingerprint density at radius 1 is 1.70 bits per heavy atom. The van der Waals surface area contributed by atoms with E-state index in [4.69, 9.17) is 5.11 Å². The van der Waals surface area contributed by atoms with Crippen LogP contribution in [0.4, 0.5) is 4.79 Å². The van der Waals surface area contributed by atoms with Gasteiger partial charge in [0.05, 0.1) is 6.61 Å². The van der Waals surface area contributed by atoms with Crippen LogP contribution in [0.5, 0.6) is 0 Å². The second-order valence-electron chi connectivity index (χ2n) is 1.64. The number of alkyl carbamates (subject to hydrolysis) is 1. The lowest BCUT2D eigenvalue weighted by atomic mass is 10.5. The van der Waals surface area contributed by atoms with Gasteiger partial charge < -0.3 is 15.2 Å². The summed E-state index contributed by atoms with van der Waals surface area (Å²) < 4.78 is 4.47. The molecule has 0 aromatic heterocycles. The summed E-state index contributed by atoms with van der Waals surface area (Å²) in [5.41, 5.74) is 0. The molecule has 4 nitrogen and oxygen atoms in total. The number of carbonyl (C=O) groups excluding carboxylic acids is 1. The van der Waals surface area contributed by atoms with Gasteiger partial charge in [0.2, 0.25) is 0 Å². The lowest BCUT2D eigenvalue weighted by molar-refractivity contribution is 0.119. The first-order valence-corrected chi connectivity index (χ1v) is 3.12. The van der Waals surface area contributed by atoms with Crippen LogP contribution in [0.25, 0.3) is 0 Å². The molecule has 0 aromatic rings. The smallest absolute Gasteiger partial charge is 0.407 e. The lowest BCUT2D eigenvalue weighted by Crippen LogP contribution is -2.25. The molecular weight excluding hydrogens is 134 g/mol. The highest BCUT2D eigenvalue weighted by molar-refractivity contribution is 5.66. The normalized spacial score (nSPS) is 9.00. The standard InChI is InChI=1S/C6H12NO3/c1-2-3-7-6(9)10-5-4-8/h8H,1-5H2,(H,7,9). The van der Waals surface area contributed by atoms with Crippen molar-refractivity contribution in [2.24, 2.45) is 0 Å². The summed E-state index contributed by atoms with van der Waals surface area (Å²) in [6, 6.07) is 0. The number of aliphatic hydroxyl groups is 1. The van der Waals surface area contributed by atoms with Crippen LogP contribution in [-0.2, 0) is 4.74 Å². The molecule has 0 aliphatic rings. The van der Waals surface area contributed by atoms with E-state index < -0.39 is 6.09 Å². The highest BCUT2D eigenvalue weighted by atomic mass is 16.6. The van der Waals surface area contributed by atoms with Crippen LogP contribution in [-0.4, -0.2) is 31.0 Å². The topological polar surface area (TPSA) is 58.6 Å². The molecule has 0 aromatic carbocycles. The number of ether oxygens (including phenoxy) is 1. The molecular formula is C6H12NO3. The summed E-state index contributed by atoms with van der Waals surface area (Å²) in [7, 11) is 0. The third-order valence-electron chi connectivity index (χ3n) is 0.771. The number of hydrogen-bond acceptors (Lipinski definition) is 3. The van der Waals surface area contributed by atoms with Crippen molar-refractivity contribution in [2.75, 3.05) is 19.8 Å². The van der Waals surface area contributed by atoms with E-state index in [0.717, 1.165) is 0 Å². The van der Waals surface area contributed by atoms with Crippen molar-refractivity contribution in [3.63, 3.8) is 0 Å². The average molecular weight is 146 g/mol. The highest BCUT2D eigenvalue weighted by Gasteiger charge is 1.96. The van der Waals surface area contributed by atoms with Gasteiger partial charge in [-0.3, -0.25) is 0 Å². The van der Waals surface area contributed by atoms with E-state index >= 15 is 0 Å². The summed E-state index contributed by atoms with van der Waals surface area (Å²) in [5, 5.41) is 10.7. The molecule has 0 atom stereocenters. The summed E-state index contributed by atoms with van der Waals surface area (Å²) in [4.78, 5) is 10.5. The molecule has 0 aliphatic carbocycles. The molecule has 0 aliphatic heterocycles. The van der Waals surface area contributed by atoms with Crippen molar-refractivity contribution in [1.82, 2.24) is 5.32 Å². The monoisotopic (exact) mass is 146 g/mol. The second-order valence-corrected chi connectivity index (χ2v) is 1.64. The third-order valence-corrected chi connectivity index (χ3v) is 0.771. The van der Waals surface area contributed by atoms with Gasteiger partial charge in [-0.05, 0) is 6.42 Å². The van der Waals surface area contributed by atoms with Crippen molar-refractivity contribution in [3.05, 3.63) is 6.92 Å². The molecule has 1 radical (unpaired) electrons. The summed E-state index contributed by atoms with van der Waals surface area (Å²) in [5.74, 6) is 0. The first kappa shape index (κ1) is 9.23. The Morgan fingerprint density at radius 2 is 2.40 bits per heavy atom. The van der Waals surface area contributed by atoms with Gasteiger partial charge in [0.1, 0.15) is 6.61 Å². The van der Waals surface area contributed by atoms with Crippen molar-refractivity contribution < 1.29 is 14.6 Å². The average Bonchev–Trinajstić information content (AvgIpc) is 1.97. The van der Waals surface area contributed by atoms with E-state index in [2.05, 4.69) is 17.0 Å². The van der Waals surface area contributed by atoms with Gasteiger partial charge in [0, 0.05) is 6.54 Å². The molecule has 10 heavy (non-hydrogen) atoms. The van der Waals surface area contributed by atoms with Gasteiger partial charge in [-0.2, -0.15) is 0 Å². The third kappa shape index (κ3) is 5.37. The predicted molar refractivity (Wildman–Crippen MR) is 36.4 cm³/mol. The van der Waals surface area contributed by atoms with E-state index in [9.17, 15) is 4.79 Å². The SMILES string of the molecule is [CH2]CCNC(=O)OCCO. The molecule has 2 N–H and O–H groups in total. The minimum absolute atomic E-state index is 0.0446. The molecule has 0 rings (SSSR count). The van der Waals surface area contributed by atoms with Gasteiger partial charge in [-0.25, -0.2) is 4.79 Å².